The Balaban J connectivity index is 1.51. The van der Waals surface area contributed by atoms with Crippen molar-refractivity contribution in [1.82, 2.24) is 4.90 Å². The summed E-state index contributed by atoms with van der Waals surface area (Å²) in [6.45, 7) is 1.65. The zero-order valence-corrected chi connectivity index (χ0v) is 20.8. The normalized spacial score (nSPS) is 10.8. The molecule has 0 aliphatic rings. The van der Waals surface area contributed by atoms with Gasteiger partial charge in [0.15, 0.2) is 17.6 Å². The molecule has 4 aromatic rings. The molecule has 1 heterocycles. The second kappa shape index (κ2) is 10.5. The van der Waals surface area contributed by atoms with Crippen molar-refractivity contribution in [2.45, 2.75) is 13.5 Å². The molecule has 0 bridgehead atoms. The number of benzene rings is 3. The molecule has 0 N–H and O–H groups in total. The molecule has 1 aromatic heterocycles. The summed E-state index contributed by atoms with van der Waals surface area (Å²) < 4.78 is 11.4. The lowest BCUT2D eigenvalue weighted by Gasteiger charge is -2.18. The molecular formula is C29H28N2O5. The van der Waals surface area contributed by atoms with Crippen LogP contribution in [0, 0.1) is 6.92 Å². The maximum atomic E-state index is 13.0. The average molecular weight is 485 g/mol. The lowest BCUT2D eigenvalue weighted by molar-refractivity contribution is -0.133. The van der Waals surface area contributed by atoms with Crippen molar-refractivity contribution in [2.75, 3.05) is 32.6 Å². The van der Waals surface area contributed by atoms with Gasteiger partial charge in [0.25, 0.3) is 5.91 Å². The molecule has 0 unspecified atom stereocenters. The highest BCUT2D eigenvalue weighted by Gasteiger charge is 2.20. The van der Waals surface area contributed by atoms with E-state index < -0.39 is 12.6 Å². The molecule has 0 spiro atoms. The largest absolute Gasteiger partial charge is 0.455 e. The quantitative estimate of drug-likeness (QED) is 0.355. The minimum Gasteiger partial charge on any atom is -0.455 e. The van der Waals surface area contributed by atoms with Crippen LogP contribution in [0.3, 0.4) is 0 Å². The van der Waals surface area contributed by atoms with Crippen LogP contribution in [-0.4, -0.2) is 44.5 Å². The van der Waals surface area contributed by atoms with Gasteiger partial charge in [-0.25, -0.2) is 4.79 Å². The number of hydrogen-bond donors (Lipinski definition) is 0. The van der Waals surface area contributed by atoms with Gasteiger partial charge in [0.05, 0.1) is 5.39 Å². The van der Waals surface area contributed by atoms with Crippen molar-refractivity contribution in [3.8, 4) is 11.3 Å². The predicted octanol–water partition coefficient (Wildman–Crippen LogP) is 4.65. The SMILES string of the molecule is Cc1c(-c2ccccc2)oc2c(C(=O)OCC(=O)N(C)Cc3ccc(N(C)C)cc3)cccc2c1=O. The molecule has 0 saturated heterocycles. The standard InChI is InChI=1S/C29H28N2O5/c1-19-26(33)23-11-8-12-24(28(23)36-27(19)21-9-6-5-7-10-21)29(34)35-18-25(32)31(4)17-20-13-15-22(16-14-20)30(2)3/h5-16H,17-18H2,1-4H3. The zero-order chi connectivity index (χ0) is 25.8. The van der Waals surface area contributed by atoms with E-state index in [1.807, 2.05) is 73.6 Å². The maximum absolute atomic E-state index is 13.0. The van der Waals surface area contributed by atoms with Crippen LogP contribution in [0.5, 0.6) is 0 Å². The van der Waals surface area contributed by atoms with Gasteiger partial charge in [-0.1, -0.05) is 48.5 Å². The minimum atomic E-state index is -0.733. The smallest absolute Gasteiger partial charge is 0.342 e. The Bertz CT molecular complexity index is 1460. The number of ether oxygens (including phenoxy) is 1. The molecule has 0 radical (unpaired) electrons. The number of hydrogen-bond acceptors (Lipinski definition) is 6. The molecule has 7 heteroatoms. The van der Waals surface area contributed by atoms with Crippen molar-refractivity contribution in [3.63, 3.8) is 0 Å². The van der Waals surface area contributed by atoms with Crippen molar-refractivity contribution in [2.24, 2.45) is 0 Å². The van der Waals surface area contributed by atoms with E-state index in [4.69, 9.17) is 9.15 Å². The Kier molecular flexibility index (Phi) is 7.20. The molecule has 4 rings (SSSR count). The maximum Gasteiger partial charge on any atom is 0.342 e. The Labute approximate surface area is 209 Å². The topological polar surface area (TPSA) is 80.1 Å². The van der Waals surface area contributed by atoms with Crippen molar-refractivity contribution in [1.29, 1.82) is 0 Å². The number of likely N-dealkylation sites (N-methyl/N-ethyl adjacent to an activating group) is 1. The Hall–Kier alpha value is -4.39. The predicted molar refractivity (Wildman–Crippen MR) is 140 cm³/mol. The second-order valence-electron chi connectivity index (χ2n) is 8.82. The molecular weight excluding hydrogens is 456 g/mol. The van der Waals surface area contributed by atoms with Crippen LogP contribution in [0.1, 0.15) is 21.5 Å². The van der Waals surface area contributed by atoms with Gasteiger partial charge in [-0.2, -0.15) is 0 Å². The van der Waals surface area contributed by atoms with Crippen molar-refractivity contribution < 1.29 is 18.7 Å². The molecule has 0 saturated carbocycles. The first kappa shape index (κ1) is 24.7. The fourth-order valence-corrected chi connectivity index (χ4v) is 3.91. The summed E-state index contributed by atoms with van der Waals surface area (Å²) in [4.78, 5) is 42.1. The monoisotopic (exact) mass is 484 g/mol. The van der Waals surface area contributed by atoms with Crippen molar-refractivity contribution >= 4 is 28.5 Å². The van der Waals surface area contributed by atoms with Gasteiger partial charge < -0.3 is 19.0 Å². The van der Waals surface area contributed by atoms with Gasteiger partial charge >= 0.3 is 5.97 Å². The van der Waals surface area contributed by atoms with Gasteiger partial charge in [-0.15, -0.1) is 0 Å². The summed E-state index contributed by atoms with van der Waals surface area (Å²) in [7, 11) is 5.58. The summed E-state index contributed by atoms with van der Waals surface area (Å²) in [5.74, 6) is -0.685. The molecule has 36 heavy (non-hydrogen) atoms. The molecule has 3 aromatic carbocycles. The van der Waals surface area contributed by atoms with Crippen LogP contribution >= 0.6 is 0 Å². The zero-order valence-electron chi connectivity index (χ0n) is 20.8. The number of rotatable bonds is 7. The van der Waals surface area contributed by atoms with Gasteiger partial charge in [-0.3, -0.25) is 9.59 Å². The second-order valence-corrected chi connectivity index (χ2v) is 8.82. The Morgan fingerprint density at radius 2 is 1.58 bits per heavy atom. The lowest BCUT2D eigenvalue weighted by Crippen LogP contribution is -2.30. The number of amides is 1. The minimum absolute atomic E-state index is 0.0940. The number of fused-ring (bicyclic) bond motifs is 1. The average Bonchev–Trinajstić information content (AvgIpc) is 2.89. The van der Waals surface area contributed by atoms with E-state index in [-0.39, 0.29) is 27.9 Å². The number of carbonyl (C=O) groups is 2. The van der Waals surface area contributed by atoms with E-state index in [2.05, 4.69) is 0 Å². The van der Waals surface area contributed by atoms with E-state index in [0.717, 1.165) is 16.8 Å². The summed E-state index contributed by atoms with van der Waals surface area (Å²) in [5.41, 5.74) is 3.22. The van der Waals surface area contributed by atoms with E-state index in [1.54, 1.807) is 26.1 Å². The fraction of sp³-hybridized carbons (Fsp3) is 0.207. The number of esters is 1. The Morgan fingerprint density at radius 1 is 0.889 bits per heavy atom. The van der Waals surface area contributed by atoms with E-state index in [1.165, 1.54) is 11.0 Å². The molecule has 184 valence electrons. The molecule has 0 aliphatic carbocycles. The first-order valence-electron chi connectivity index (χ1n) is 11.6. The van der Waals surface area contributed by atoms with Gasteiger partial charge in [-0.05, 0) is 36.8 Å². The fourth-order valence-electron chi connectivity index (χ4n) is 3.91. The van der Waals surface area contributed by atoms with Gasteiger partial charge in [0.2, 0.25) is 0 Å². The summed E-state index contributed by atoms with van der Waals surface area (Å²) in [5, 5.41) is 0.284. The first-order chi connectivity index (χ1) is 17.3. The third-order valence-corrected chi connectivity index (χ3v) is 6.03. The molecule has 7 nitrogen and oxygen atoms in total. The lowest BCUT2D eigenvalue weighted by atomic mass is 10.0. The van der Waals surface area contributed by atoms with Crippen molar-refractivity contribution in [3.05, 3.63) is 99.7 Å². The Morgan fingerprint density at radius 3 is 2.25 bits per heavy atom. The molecule has 0 atom stereocenters. The van der Waals surface area contributed by atoms with Crippen LogP contribution < -0.4 is 10.3 Å². The molecule has 0 fully saturated rings. The van der Waals surface area contributed by atoms with Gasteiger partial charge in [0.1, 0.15) is 11.3 Å². The number of nitrogens with zero attached hydrogens (tertiary/aromatic N) is 2. The molecule has 0 aliphatic heterocycles. The summed E-state index contributed by atoms with van der Waals surface area (Å²) in [6, 6.07) is 21.8. The number of para-hydroxylation sites is 1. The van der Waals surface area contributed by atoms with Crippen LogP contribution in [0.25, 0.3) is 22.3 Å². The third kappa shape index (κ3) is 5.15. The van der Waals surface area contributed by atoms with Crippen LogP contribution in [-0.2, 0) is 16.1 Å². The van der Waals surface area contributed by atoms with Crippen LogP contribution in [0.4, 0.5) is 5.69 Å². The highest BCUT2D eigenvalue weighted by atomic mass is 16.5. The molecule has 1 amide bonds. The van der Waals surface area contributed by atoms with E-state index in [0.29, 0.717) is 17.9 Å². The highest BCUT2D eigenvalue weighted by Crippen LogP contribution is 2.27. The van der Waals surface area contributed by atoms with Crippen LogP contribution in [0.15, 0.2) is 82.0 Å². The number of carbonyl (C=O) groups excluding carboxylic acids is 2. The number of anilines is 1. The summed E-state index contributed by atoms with van der Waals surface area (Å²) >= 11 is 0. The van der Waals surface area contributed by atoms with E-state index >= 15 is 0 Å². The highest BCUT2D eigenvalue weighted by molar-refractivity contribution is 6.02. The first-order valence-corrected chi connectivity index (χ1v) is 11.6. The van der Waals surface area contributed by atoms with E-state index in [9.17, 15) is 14.4 Å². The van der Waals surface area contributed by atoms with Crippen LogP contribution in [0.2, 0.25) is 0 Å². The third-order valence-electron chi connectivity index (χ3n) is 6.03. The summed E-state index contributed by atoms with van der Waals surface area (Å²) in [6.07, 6.45) is 0. The van der Waals surface area contributed by atoms with Gasteiger partial charge in [0, 0.05) is 44.5 Å².